The summed E-state index contributed by atoms with van der Waals surface area (Å²) in [4.78, 5) is 4.29. The second-order valence-electron chi connectivity index (χ2n) is 7.49. The zero-order valence-electron chi connectivity index (χ0n) is 18.6. The number of aryl methyl sites for hydroxylation is 1. The Labute approximate surface area is 204 Å². The third-order valence-electron chi connectivity index (χ3n) is 4.84. The van der Waals surface area contributed by atoms with E-state index in [4.69, 9.17) is 8.37 Å². The summed E-state index contributed by atoms with van der Waals surface area (Å²) in [6, 6.07) is 26.8. The number of nitrogens with zero attached hydrogens (tertiary/aromatic N) is 1. The van der Waals surface area contributed by atoms with Gasteiger partial charge in [0.25, 0.3) is 0 Å². The molecule has 0 unspecified atom stereocenters. The molecular weight excluding hydrogens is 486 g/mol. The molecule has 0 saturated heterocycles. The number of hydrogen-bond acceptors (Lipinski definition) is 7. The minimum Gasteiger partial charge on any atom is -0.379 e. The van der Waals surface area contributed by atoms with Crippen molar-refractivity contribution in [3.63, 3.8) is 0 Å². The van der Waals surface area contributed by atoms with Crippen molar-refractivity contribution >= 4 is 32.1 Å². The zero-order valence-corrected chi connectivity index (χ0v) is 20.2. The van der Waals surface area contributed by atoms with Crippen molar-refractivity contribution in [2.24, 2.45) is 4.99 Å². The number of rotatable bonds is 8. The molecule has 4 aromatic carbocycles. The third-order valence-corrected chi connectivity index (χ3v) is 7.35. The van der Waals surface area contributed by atoms with Crippen LogP contribution in [-0.2, 0) is 20.2 Å². The van der Waals surface area contributed by atoms with Crippen LogP contribution in [0.5, 0.6) is 11.5 Å². The Hall–Kier alpha value is -3.95. The van der Waals surface area contributed by atoms with Gasteiger partial charge in [0.1, 0.15) is 15.5 Å². The van der Waals surface area contributed by atoms with Gasteiger partial charge in [-0.2, -0.15) is 16.8 Å². The first kappa shape index (κ1) is 24.2. The molecule has 4 aromatic rings. The Morgan fingerprint density at radius 1 is 0.657 bits per heavy atom. The molecule has 0 heterocycles. The van der Waals surface area contributed by atoms with Crippen LogP contribution in [0.2, 0.25) is 0 Å². The first-order valence-electron chi connectivity index (χ1n) is 10.5. The molecule has 0 atom stereocenters. The van der Waals surface area contributed by atoms with E-state index < -0.39 is 20.2 Å². The number of benzene rings is 4. The van der Waals surface area contributed by atoms with E-state index in [0.717, 1.165) is 5.56 Å². The summed E-state index contributed by atoms with van der Waals surface area (Å²) < 4.78 is 61.6. The van der Waals surface area contributed by atoms with E-state index in [0.29, 0.717) is 11.3 Å². The van der Waals surface area contributed by atoms with Crippen LogP contribution < -0.4 is 8.37 Å². The van der Waals surface area contributed by atoms with E-state index in [9.17, 15) is 16.8 Å². The Balaban J connectivity index is 1.71. The molecule has 7 nitrogen and oxygen atoms in total. The van der Waals surface area contributed by atoms with E-state index >= 15 is 0 Å². The van der Waals surface area contributed by atoms with E-state index in [1.54, 1.807) is 36.4 Å². The molecule has 0 aliphatic rings. The summed E-state index contributed by atoms with van der Waals surface area (Å²) in [5.74, 6) is -0.245. The lowest BCUT2D eigenvalue weighted by Crippen LogP contribution is -2.12. The molecule has 0 spiro atoms. The van der Waals surface area contributed by atoms with Gasteiger partial charge in [0.2, 0.25) is 0 Å². The molecule has 0 aliphatic carbocycles. The molecular formula is C26H21NO6S2. The normalized spacial score (nSPS) is 11.9. The topological polar surface area (TPSA) is 99.1 Å². The summed E-state index contributed by atoms with van der Waals surface area (Å²) in [7, 11) is -8.34. The molecule has 0 N–H and O–H groups in total. The summed E-state index contributed by atoms with van der Waals surface area (Å²) in [6.45, 7) is 1.95. The SMILES string of the molecule is Cc1ccc(N=Cc2ccc(OS(=O)(=O)c3ccccc3)cc2OS(=O)(=O)c2ccccc2)cc1. The molecule has 0 radical (unpaired) electrons. The van der Waals surface area contributed by atoms with E-state index in [1.807, 2.05) is 31.2 Å². The first-order chi connectivity index (χ1) is 16.7. The average molecular weight is 508 g/mol. The fraction of sp³-hybridized carbons (Fsp3) is 0.0385. The summed E-state index contributed by atoms with van der Waals surface area (Å²) in [5, 5.41) is 0. The quantitative estimate of drug-likeness (QED) is 0.238. The fourth-order valence-electron chi connectivity index (χ4n) is 3.04. The lowest BCUT2D eigenvalue weighted by atomic mass is 10.2. The van der Waals surface area contributed by atoms with Gasteiger partial charge in [-0.25, -0.2) is 0 Å². The summed E-state index contributed by atoms with van der Waals surface area (Å²) in [6.07, 6.45) is 1.44. The largest absolute Gasteiger partial charge is 0.379 e. The smallest absolute Gasteiger partial charge is 0.339 e. The van der Waals surface area contributed by atoms with Crippen molar-refractivity contribution in [2.75, 3.05) is 0 Å². The second kappa shape index (κ2) is 10.1. The van der Waals surface area contributed by atoms with Crippen LogP contribution in [0.25, 0.3) is 0 Å². The molecule has 0 aliphatic heterocycles. The van der Waals surface area contributed by atoms with Crippen molar-refractivity contribution in [2.45, 2.75) is 16.7 Å². The molecule has 0 saturated carbocycles. The highest BCUT2D eigenvalue weighted by molar-refractivity contribution is 7.87. The standard InChI is InChI=1S/C26H21NO6S2/c1-20-12-15-22(16-13-20)27-19-21-14-17-23(32-34(28,29)24-8-4-2-5-9-24)18-26(21)33-35(30,31)25-10-6-3-7-11-25/h2-19H,1H3. The van der Waals surface area contributed by atoms with Gasteiger partial charge in [0.15, 0.2) is 5.75 Å². The predicted octanol–water partition coefficient (Wildman–Crippen LogP) is 5.28. The Bertz CT molecular complexity index is 1550. The van der Waals surface area contributed by atoms with Gasteiger partial charge in [-0.15, -0.1) is 0 Å². The first-order valence-corrected chi connectivity index (χ1v) is 13.3. The van der Waals surface area contributed by atoms with Crippen molar-refractivity contribution in [3.05, 3.63) is 114 Å². The summed E-state index contributed by atoms with van der Waals surface area (Å²) >= 11 is 0. The number of hydrogen-bond donors (Lipinski definition) is 0. The molecule has 4 rings (SSSR count). The maximum Gasteiger partial charge on any atom is 0.339 e. The van der Waals surface area contributed by atoms with E-state index in [-0.39, 0.29) is 21.3 Å². The van der Waals surface area contributed by atoms with Gasteiger partial charge in [-0.05, 0) is 55.5 Å². The van der Waals surface area contributed by atoms with Crippen LogP contribution in [0.1, 0.15) is 11.1 Å². The van der Waals surface area contributed by atoms with Crippen molar-refractivity contribution in [1.29, 1.82) is 0 Å². The minimum absolute atomic E-state index is 0.0376. The van der Waals surface area contributed by atoms with Crippen LogP contribution >= 0.6 is 0 Å². The second-order valence-corrected chi connectivity index (χ2v) is 10.6. The molecule has 9 heteroatoms. The van der Waals surface area contributed by atoms with Gasteiger partial charge in [0, 0.05) is 17.8 Å². The maximum absolute atomic E-state index is 12.9. The molecule has 35 heavy (non-hydrogen) atoms. The van der Waals surface area contributed by atoms with Crippen LogP contribution in [0.3, 0.4) is 0 Å². The molecule has 0 bridgehead atoms. The summed E-state index contributed by atoms with van der Waals surface area (Å²) in [5.41, 5.74) is 2.04. The average Bonchev–Trinajstić information content (AvgIpc) is 2.85. The van der Waals surface area contributed by atoms with Crippen LogP contribution in [0.15, 0.2) is 118 Å². The van der Waals surface area contributed by atoms with Crippen LogP contribution in [-0.4, -0.2) is 23.1 Å². The van der Waals surface area contributed by atoms with Crippen LogP contribution in [0, 0.1) is 6.92 Å². The van der Waals surface area contributed by atoms with Gasteiger partial charge in [0.05, 0.1) is 5.69 Å². The Morgan fingerprint density at radius 3 is 1.77 bits per heavy atom. The number of aliphatic imine (C=N–C) groups is 1. The van der Waals surface area contributed by atoms with Gasteiger partial charge < -0.3 is 8.37 Å². The van der Waals surface area contributed by atoms with Gasteiger partial charge in [-0.1, -0.05) is 54.1 Å². The van der Waals surface area contributed by atoms with Crippen molar-refractivity contribution in [1.82, 2.24) is 0 Å². The van der Waals surface area contributed by atoms with E-state index in [2.05, 4.69) is 4.99 Å². The zero-order chi connectivity index (χ0) is 24.9. The Kier molecular flexibility index (Phi) is 6.99. The highest BCUT2D eigenvalue weighted by Crippen LogP contribution is 2.29. The Morgan fingerprint density at radius 2 is 1.20 bits per heavy atom. The molecule has 0 amide bonds. The minimum atomic E-state index is -4.20. The molecule has 0 fully saturated rings. The maximum atomic E-state index is 12.9. The predicted molar refractivity (Wildman–Crippen MR) is 133 cm³/mol. The van der Waals surface area contributed by atoms with Crippen molar-refractivity contribution in [3.8, 4) is 11.5 Å². The van der Waals surface area contributed by atoms with Gasteiger partial charge >= 0.3 is 20.2 Å². The lowest BCUT2D eigenvalue weighted by Gasteiger charge is -2.12. The molecule has 0 aromatic heterocycles. The lowest BCUT2D eigenvalue weighted by molar-refractivity contribution is 0.476. The van der Waals surface area contributed by atoms with Gasteiger partial charge in [-0.3, -0.25) is 4.99 Å². The van der Waals surface area contributed by atoms with Crippen LogP contribution in [0.4, 0.5) is 5.69 Å². The highest BCUT2D eigenvalue weighted by Gasteiger charge is 2.21. The van der Waals surface area contributed by atoms with E-state index in [1.165, 1.54) is 48.7 Å². The van der Waals surface area contributed by atoms with Crippen molar-refractivity contribution < 1.29 is 25.2 Å². The third kappa shape index (κ3) is 6.14. The monoisotopic (exact) mass is 507 g/mol. The highest BCUT2D eigenvalue weighted by atomic mass is 32.2. The fourth-order valence-corrected chi connectivity index (χ4v) is 4.95. The molecule has 178 valence electrons.